The molecule has 0 radical (unpaired) electrons. The monoisotopic (exact) mass is 241 g/mol. The molecular formula is C14H11NO3. The standard InChI is InChI=1S/C14H11NO3/c15-9-10-3-5-11(6-4-10)12(16)8-13(17)14-2-1-7-18-14/h1-7,12,16H,8H2/t12-/m0/s1. The van der Waals surface area contributed by atoms with Crippen LogP contribution in [-0.2, 0) is 0 Å². The second-order valence-corrected chi connectivity index (χ2v) is 3.85. The maximum absolute atomic E-state index is 11.7. The molecule has 0 aliphatic rings. The molecule has 0 aliphatic carbocycles. The number of benzene rings is 1. The Hall–Kier alpha value is -2.38. The van der Waals surface area contributed by atoms with Crippen LogP contribution < -0.4 is 0 Å². The van der Waals surface area contributed by atoms with E-state index >= 15 is 0 Å². The number of aliphatic hydroxyl groups is 1. The highest BCUT2D eigenvalue weighted by Gasteiger charge is 2.16. The number of aliphatic hydroxyl groups excluding tert-OH is 1. The molecule has 0 fully saturated rings. The van der Waals surface area contributed by atoms with Crippen LogP contribution in [0.15, 0.2) is 47.1 Å². The molecule has 0 saturated heterocycles. The molecule has 2 rings (SSSR count). The highest BCUT2D eigenvalue weighted by atomic mass is 16.3. The molecule has 1 atom stereocenters. The van der Waals surface area contributed by atoms with Crippen LogP contribution in [0.3, 0.4) is 0 Å². The van der Waals surface area contributed by atoms with Gasteiger partial charge in [0.2, 0.25) is 5.78 Å². The van der Waals surface area contributed by atoms with Gasteiger partial charge in [0, 0.05) is 6.42 Å². The average Bonchev–Trinajstić information content (AvgIpc) is 2.92. The fourth-order valence-corrected chi connectivity index (χ4v) is 1.61. The van der Waals surface area contributed by atoms with Gasteiger partial charge in [-0.2, -0.15) is 5.26 Å². The van der Waals surface area contributed by atoms with Gasteiger partial charge in [0.05, 0.1) is 24.0 Å². The molecule has 0 bridgehead atoms. The van der Waals surface area contributed by atoms with Gasteiger partial charge in [-0.1, -0.05) is 12.1 Å². The molecule has 0 aliphatic heterocycles. The lowest BCUT2D eigenvalue weighted by molar-refractivity contribution is 0.0853. The number of carbonyl (C=O) groups is 1. The second kappa shape index (κ2) is 5.30. The van der Waals surface area contributed by atoms with E-state index < -0.39 is 6.10 Å². The van der Waals surface area contributed by atoms with Crippen molar-refractivity contribution in [2.45, 2.75) is 12.5 Å². The summed E-state index contributed by atoms with van der Waals surface area (Å²) in [5, 5.41) is 18.6. The van der Waals surface area contributed by atoms with Crippen molar-refractivity contribution in [3.8, 4) is 6.07 Å². The van der Waals surface area contributed by atoms with Crippen LogP contribution in [0.4, 0.5) is 0 Å². The molecule has 1 heterocycles. The minimum atomic E-state index is -0.893. The van der Waals surface area contributed by atoms with Crippen LogP contribution in [0.5, 0.6) is 0 Å². The number of hydrogen-bond acceptors (Lipinski definition) is 4. The number of Topliss-reactive ketones (excluding diaryl/α,β-unsaturated/α-hetero) is 1. The molecular weight excluding hydrogens is 230 g/mol. The topological polar surface area (TPSA) is 74.2 Å². The molecule has 0 saturated carbocycles. The summed E-state index contributed by atoms with van der Waals surface area (Å²) < 4.78 is 4.96. The zero-order valence-corrected chi connectivity index (χ0v) is 9.54. The van der Waals surface area contributed by atoms with Crippen molar-refractivity contribution in [3.05, 3.63) is 59.5 Å². The number of furan rings is 1. The molecule has 4 heteroatoms. The Kier molecular flexibility index (Phi) is 3.56. The third kappa shape index (κ3) is 2.65. The Morgan fingerprint density at radius 1 is 1.33 bits per heavy atom. The quantitative estimate of drug-likeness (QED) is 0.834. The molecule has 18 heavy (non-hydrogen) atoms. The SMILES string of the molecule is N#Cc1ccc([C@@H](O)CC(=O)c2ccco2)cc1. The Labute approximate surface area is 104 Å². The van der Waals surface area contributed by atoms with Gasteiger partial charge in [-0.3, -0.25) is 4.79 Å². The molecule has 0 amide bonds. The van der Waals surface area contributed by atoms with Gasteiger partial charge < -0.3 is 9.52 Å². The predicted molar refractivity (Wildman–Crippen MR) is 63.8 cm³/mol. The normalized spacial score (nSPS) is 11.8. The summed E-state index contributed by atoms with van der Waals surface area (Å²) in [5.41, 5.74) is 1.12. The molecule has 1 aromatic heterocycles. The van der Waals surface area contributed by atoms with Crippen LogP contribution in [0.25, 0.3) is 0 Å². The zero-order chi connectivity index (χ0) is 13.0. The molecule has 1 N–H and O–H groups in total. The number of nitriles is 1. The lowest BCUT2D eigenvalue weighted by atomic mass is 10.0. The summed E-state index contributed by atoms with van der Waals surface area (Å²) in [6.07, 6.45) is 0.483. The van der Waals surface area contributed by atoms with Crippen molar-refractivity contribution in [2.75, 3.05) is 0 Å². The van der Waals surface area contributed by atoms with Crippen molar-refractivity contribution in [2.24, 2.45) is 0 Å². The number of carbonyl (C=O) groups excluding carboxylic acids is 1. The zero-order valence-electron chi connectivity index (χ0n) is 9.54. The maximum Gasteiger partial charge on any atom is 0.200 e. The number of nitrogens with zero attached hydrogens (tertiary/aromatic N) is 1. The fraction of sp³-hybridized carbons (Fsp3) is 0.143. The first kappa shape index (κ1) is 12.1. The summed E-state index contributed by atoms with van der Waals surface area (Å²) >= 11 is 0. The molecule has 2 aromatic rings. The molecule has 1 aromatic carbocycles. The van der Waals surface area contributed by atoms with E-state index in [0.717, 1.165) is 0 Å². The van der Waals surface area contributed by atoms with Gasteiger partial charge >= 0.3 is 0 Å². The number of hydrogen-bond donors (Lipinski definition) is 1. The van der Waals surface area contributed by atoms with E-state index in [1.54, 1.807) is 36.4 Å². The van der Waals surface area contributed by atoms with Gasteiger partial charge in [-0.25, -0.2) is 0 Å². The van der Waals surface area contributed by atoms with E-state index in [1.165, 1.54) is 6.26 Å². The van der Waals surface area contributed by atoms with E-state index in [1.807, 2.05) is 6.07 Å². The van der Waals surface area contributed by atoms with Crippen LogP contribution in [0.2, 0.25) is 0 Å². The van der Waals surface area contributed by atoms with Crippen LogP contribution >= 0.6 is 0 Å². The largest absolute Gasteiger partial charge is 0.461 e. The number of ketones is 1. The van der Waals surface area contributed by atoms with Crippen molar-refractivity contribution in [3.63, 3.8) is 0 Å². The Bertz CT molecular complexity index is 564. The summed E-state index contributed by atoms with van der Waals surface area (Å²) in [4.78, 5) is 11.7. The fourth-order valence-electron chi connectivity index (χ4n) is 1.61. The molecule has 0 spiro atoms. The van der Waals surface area contributed by atoms with Gasteiger partial charge in [-0.15, -0.1) is 0 Å². The summed E-state index contributed by atoms with van der Waals surface area (Å²) in [6.45, 7) is 0. The summed E-state index contributed by atoms with van der Waals surface area (Å²) in [6, 6.07) is 11.7. The highest BCUT2D eigenvalue weighted by Crippen LogP contribution is 2.19. The third-order valence-corrected chi connectivity index (χ3v) is 2.60. The van der Waals surface area contributed by atoms with E-state index in [-0.39, 0.29) is 18.0 Å². The van der Waals surface area contributed by atoms with Crippen molar-refractivity contribution in [1.29, 1.82) is 5.26 Å². The predicted octanol–water partition coefficient (Wildman–Crippen LogP) is 2.46. The Morgan fingerprint density at radius 2 is 2.06 bits per heavy atom. The minimum absolute atomic E-state index is 0.0422. The van der Waals surface area contributed by atoms with Gasteiger partial charge in [0.1, 0.15) is 0 Å². The Balaban J connectivity index is 2.05. The first-order chi connectivity index (χ1) is 8.70. The highest BCUT2D eigenvalue weighted by molar-refractivity contribution is 5.93. The summed E-state index contributed by atoms with van der Waals surface area (Å²) in [7, 11) is 0. The minimum Gasteiger partial charge on any atom is -0.461 e. The second-order valence-electron chi connectivity index (χ2n) is 3.85. The first-order valence-electron chi connectivity index (χ1n) is 5.45. The van der Waals surface area contributed by atoms with Crippen molar-refractivity contribution < 1.29 is 14.3 Å². The average molecular weight is 241 g/mol. The van der Waals surface area contributed by atoms with E-state index in [0.29, 0.717) is 11.1 Å². The lowest BCUT2D eigenvalue weighted by Gasteiger charge is -2.09. The maximum atomic E-state index is 11.7. The molecule has 4 nitrogen and oxygen atoms in total. The van der Waals surface area contributed by atoms with Gasteiger partial charge in [-0.05, 0) is 29.8 Å². The molecule has 0 unspecified atom stereocenters. The smallest absolute Gasteiger partial charge is 0.200 e. The van der Waals surface area contributed by atoms with E-state index in [4.69, 9.17) is 9.68 Å². The first-order valence-corrected chi connectivity index (χ1v) is 5.45. The van der Waals surface area contributed by atoms with Gasteiger partial charge in [0.15, 0.2) is 5.76 Å². The van der Waals surface area contributed by atoms with Crippen LogP contribution in [-0.4, -0.2) is 10.9 Å². The lowest BCUT2D eigenvalue weighted by Crippen LogP contribution is -2.06. The van der Waals surface area contributed by atoms with Crippen LogP contribution in [0.1, 0.15) is 34.2 Å². The third-order valence-electron chi connectivity index (χ3n) is 2.60. The van der Waals surface area contributed by atoms with E-state index in [2.05, 4.69) is 0 Å². The van der Waals surface area contributed by atoms with Crippen molar-refractivity contribution in [1.82, 2.24) is 0 Å². The van der Waals surface area contributed by atoms with Crippen LogP contribution in [0, 0.1) is 11.3 Å². The van der Waals surface area contributed by atoms with Gasteiger partial charge in [0.25, 0.3) is 0 Å². The summed E-state index contributed by atoms with van der Waals surface area (Å²) in [5.74, 6) is -0.0143. The van der Waals surface area contributed by atoms with Crippen molar-refractivity contribution >= 4 is 5.78 Å². The van der Waals surface area contributed by atoms with E-state index in [9.17, 15) is 9.90 Å². The number of rotatable bonds is 4. The Morgan fingerprint density at radius 3 is 2.61 bits per heavy atom. The molecule has 90 valence electrons.